The van der Waals surface area contributed by atoms with Gasteiger partial charge in [0.1, 0.15) is 4.99 Å². The fraction of sp³-hybridized carbons (Fsp3) is 0.273. The standard InChI is InChI=1S/C18H14N3OS2.C4H9NO/c1-11-15(17(22)21-12-6-3-2-4-7-12)16(14-8-5-9-24-14)13(10-19)18(23)20-11;1-3-6-4-2-5-1/h2-9,16H,1H3,(H,20,23)(H,21,22);5H,1-4H2/q-1;/p+1. The molecule has 6 nitrogen and oxygen atoms in total. The molecule has 4 rings (SSSR count). The number of thiocarbonyl (C=S) groups is 1. The maximum absolute atomic E-state index is 12.9. The number of ether oxygens (including phenoxy) is 1. The van der Waals surface area contributed by atoms with Crippen LogP contribution in [0.3, 0.4) is 0 Å². The molecule has 1 atom stereocenters. The number of nitrogens with two attached hydrogens (primary N) is 1. The van der Waals surface area contributed by atoms with E-state index in [9.17, 15) is 10.2 Å². The Hall–Kier alpha value is -2.61. The minimum absolute atomic E-state index is 0.236. The zero-order valence-electron chi connectivity index (χ0n) is 16.7. The van der Waals surface area contributed by atoms with Gasteiger partial charge in [0.2, 0.25) is 0 Å². The van der Waals surface area contributed by atoms with E-state index in [0.29, 0.717) is 27.5 Å². The Morgan fingerprint density at radius 1 is 1.27 bits per heavy atom. The summed E-state index contributed by atoms with van der Waals surface area (Å²) in [6.45, 7) is 6.00. The summed E-state index contributed by atoms with van der Waals surface area (Å²) in [5.41, 5.74) is 2.30. The third-order valence-electron chi connectivity index (χ3n) is 4.68. The topological polar surface area (TPSA) is 89.3 Å². The van der Waals surface area contributed by atoms with Crippen LogP contribution in [0.1, 0.15) is 17.7 Å². The average molecular weight is 441 g/mol. The molecule has 1 unspecified atom stereocenters. The monoisotopic (exact) mass is 440 g/mol. The van der Waals surface area contributed by atoms with Crippen LogP contribution in [-0.4, -0.2) is 43.1 Å². The number of carbonyl (C=O) groups excluding carboxylic acids is 1. The van der Waals surface area contributed by atoms with E-state index in [4.69, 9.17) is 17.0 Å². The number of amides is 1. The van der Waals surface area contributed by atoms with E-state index in [1.54, 1.807) is 6.92 Å². The molecule has 0 aliphatic carbocycles. The summed E-state index contributed by atoms with van der Waals surface area (Å²) in [4.78, 5) is 14.2. The SMILES string of the molecule is C1COCC[NH2+]1.CC1=C(C(=O)Nc2ccccc2)C(c2cccs2)C(=C=[N-])C(=S)N1. The predicted octanol–water partition coefficient (Wildman–Crippen LogP) is 2.42. The number of thiophene rings is 1. The molecule has 1 saturated heterocycles. The number of benzene rings is 1. The first-order chi connectivity index (χ1) is 14.6. The van der Waals surface area contributed by atoms with E-state index in [0.717, 1.165) is 31.2 Å². The number of nitrogens with one attached hydrogen (secondary N) is 2. The number of nitrogens with zero attached hydrogens (tertiary/aromatic N) is 1. The molecule has 1 aromatic heterocycles. The molecule has 1 amide bonds. The van der Waals surface area contributed by atoms with Crippen LogP contribution in [0.2, 0.25) is 0 Å². The van der Waals surface area contributed by atoms with Gasteiger partial charge in [-0.05, 0) is 30.5 Å². The summed E-state index contributed by atoms with van der Waals surface area (Å²) >= 11 is 6.80. The molecule has 2 aromatic rings. The van der Waals surface area contributed by atoms with Gasteiger partial charge in [0, 0.05) is 27.4 Å². The highest BCUT2D eigenvalue weighted by atomic mass is 32.1. The largest absolute Gasteiger partial charge is 0.763 e. The molecule has 0 bridgehead atoms. The molecule has 0 spiro atoms. The minimum atomic E-state index is -0.438. The van der Waals surface area contributed by atoms with Gasteiger partial charge in [-0.2, -0.15) is 0 Å². The van der Waals surface area contributed by atoms with Gasteiger partial charge in [-0.3, -0.25) is 10.7 Å². The van der Waals surface area contributed by atoms with Crippen LogP contribution >= 0.6 is 23.6 Å². The van der Waals surface area contributed by atoms with Crippen molar-refractivity contribution in [3.63, 3.8) is 0 Å². The number of para-hydroxylation sites is 1. The number of quaternary nitrogens is 1. The predicted molar refractivity (Wildman–Crippen MR) is 125 cm³/mol. The number of carbonyl (C=O) groups is 1. The van der Waals surface area contributed by atoms with Crippen LogP contribution in [0.5, 0.6) is 0 Å². The van der Waals surface area contributed by atoms with Gasteiger partial charge in [0.05, 0.1) is 32.2 Å². The molecule has 0 saturated carbocycles. The Morgan fingerprint density at radius 2 is 2.00 bits per heavy atom. The van der Waals surface area contributed by atoms with Crippen molar-refractivity contribution in [2.75, 3.05) is 31.6 Å². The van der Waals surface area contributed by atoms with E-state index in [1.807, 2.05) is 47.8 Å². The van der Waals surface area contributed by atoms with Crippen molar-refractivity contribution in [2.24, 2.45) is 0 Å². The Balaban J connectivity index is 0.000000367. The molecule has 3 heterocycles. The second-order valence-electron chi connectivity index (χ2n) is 6.77. The molecule has 30 heavy (non-hydrogen) atoms. The zero-order valence-corrected chi connectivity index (χ0v) is 18.3. The fourth-order valence-electron chi connectivity index (χ4n) is 3.25. The molecule has 2 aliphatic heterocycles. The highest BCUT2D eigenvalue weighted by Gasteiger charge is 2.34. The first kappa shape index (κ1) is 22.1. The highest BCUT2D eigenvalue weighted by Crippen LogP contribution is 2.38. The zero-order chi connectivity index (χ0) is 21.3. The number of anilines is 1. The maximum atomic E-state index is 12.9. The van der Waals surface area contributed by atoms with Crippen LogP contribution in [0, 0.1) is 0 Å². The number of rotatable bonds is 3. The first-order valence-corrected chi connectivity index (χ1v) is 11.0. The Morgan fingerprint density at radius 3 is 2.53 bits per heavy atom. The summed E-state index contributed by atoms with van der Waals surface area (Å²) in [5, 5.41) is 19.6. The molecule has 0 radical (unpaired) electrons. The van der Waals surface area contributed by atoms with Crippen molar-refractivity contribution in [3.05, 3.63) is 75.0 Å². The fourth-order valence-corrected chi connectivity index (χ4v) is 4.41. The van der Waals surface area contributed by atoms with E-state index >= 15 is 0 Å². The van der Waals surface area contributed by atoms with Crippen molar-refractivity contribution in [3.8, 4) is 0 Å². The number of hydrogen-bond acceptors (Lipinski definition) is 4. The van der Waals surface area contributed by atoms with Crippen molar-refractivity contribution >= 4 is 46.0 Å². The third-order valence-corrected chi connectivity index (χ3v) is 5.94. The van der Waals surface area contributed by atoms with E-state index in [-0.39, 0.29) is 5.91 Å². The summed E-state index contributed by atoms with van der Waals surface area (Å²) in [7, 11) is 0. The van der Waals surface area contributed by atoms with Gasteiger partial charge in [0.15, 0.2) is 0 Å². The summed E-state index contributed by atoms with van der Waals surface area (Å²) in [5.74, 6) is 1.49. The molecular weight excluding hydrogens is 416 g/mol. The van der Waals surface area contributed by atoms with Gasteiger partial charge in [-0.15, -0.1) is 11.3 Å². The molecule has 1 fully saturated rings. The van der Waals surface area contributed by atoms with E-state index < -0.39 is 5.92 Å². The van der Waals surface area contributed by atoms with Crippen LogP contribution in [0.4, 0.5) is 5.69 Å². The van der Waals surface area contributed by atoms with Crippen LogP contribution in [0.25, 0.3) is 5.41 Å². The lowest BCUT2D eigenvalue weighted by Gasteiger charge is -2.30. The van der Waals surface area contributed by atoms with Crippen LogP contribution in [-0.2, 0) is 9.53 Å². The molecule has 8 heteroatoms. The number of allylic oxidation sites excluding steroid dienone is 1. The lowest BCUT2D eigenvalue weighted by atomic mass is 9.85. The number of hydrogen-bond donors (Lipinski definition) is 3. The lowest BCUT2D eigenvalue weighted by Crippen LogP contribution is -2.87. The van der Waals surface area contributed by atoms with E-state index in [1.165, 1.54) is 11.3 Å². The van der Waals surface area contributed by atoms with E-state index in [2.05, 4.69) is 21.8 Å². The third kappa shape index (κ3) is 5.50. The Kier molecular flexibility index (Phi) is 8.07. The summed E-state index contributed by atoms with van der Waals surface area (Å²) in [6.07, 6.45) is 0. The highest BCUT2D eigenvalue weighted by molar-refractivity contribution is 7.80. The maximum Gasteiger partial charge on any atom is 0.254 e. The van der Waals surface area contributed by atoms with Crippen molar-refractivity contribution in [2.45, 2.75) is 12.8 Å². The normalized spacial score (nSPS) is 18.6. The Labute approximate surface area is 185 Å². The second kappa shape index (κ2) is 11.0. The Bertz CT molecular complexity index is 949. The minimum Gasteiger partial charge on any atom is -0.763 e. The quantitative estimate of drug-likeness (QED) is 0.389. The second-order valence-corrected chi connectivity index (χ2v) is 8.15. The van der Waals surface area contributed by atoms with Gasteiger partial charge in [0.25, 0.3) is 5.91 Å². The molecule has 1 aromatic carbocycles. The smallest absolute Gasteiger partial charge is 0.254 e. The molecule has 2 aliphatic rings. The van der Waals surface area contributed by atoms with Crippen molar-refractivity contribution in [1.29, 1.82) is 0 Å². The first-order valence-electron chi connectivity index (χ1n) is 9.70. The average Bonchev–Trinajstić information content (AvgIpc) is 3.30. The molecule has 156 valence electrons. The lowest BCUT2D eigenvalue weighted by molar-refractivity contribution is -0.670. The van der Waals surface area contributed by atoms with Gasteiger partial charge < -0.3 is 26.1 Å². The molecule has 4 N–H and O–H groups in total. The molecular formula is C22H24N4O2S2. The van der Waals surface area contributed by atoms with Gasteiger partial charge in [-0.25, -0.2) is 0 Å². The van der Waals surface area contributed by atoms with Crippen molar-refractivity contribution < 1.29 is 14.8 Å². The van der Waals surface area contributed by atoms with Crippen molar-refractivity contribution in [1.82, 2.24) is 5.32 Å². The van der Waals surface area contributed by atoms with Crippen LogP contribution in [0.15, 0.2) is 64.7 Å². The van der Waals surface area contributed by atoms with Gasteiger partial charge >= 0.3 is 0 Å². The summed E-state index contributed by atoms with van der Waals surface area (Å²) < 4.78 is 5.04. The summed E-state index contributed by atoms with van der Waals surface area (Å²) in [6, 6.07) is 13.1. The van der Waals surface area contributed by atoms with Gasteiger partial charge in [-0.1, -0.05) is 36.5 Å². The van der Waals surface area contributed by atoms with Crippen LogP contribution < -0.4 is 16.0 Å². The number of morpholine rings is 1.